The van der Waals surface area contributed by atoms with Crippen LogP contribution in [0.1, 0.15) is 67.2 Å². The molecule has 0 aromatic heterocycles. The third-order valence-corrected chi connectivity index (χ3v) is 5.26. The van der Waals surface area contributed by atoms with Crippen molar-refractivity contribution in [3.8, 4) is 0 Å². The van der Waals surface area contributed by atoms with Crippen LogP contribution in [-0.2, 0) is 0 Å². The summed E-state index contributed by atoms with van der Waals surface area (Å²) in [6, 6.07) is 0.600. The van der Waals surface area contributed by atoms with Crippen LogP contribution in [0.3, 0.4) is 0 Å². The standard InChI is InChI=1S/C18H38N2/c1-7-20(13-14(2)3)17(12-19)15-8-10-16(11-9-15)18(4,5)6/h14-17H,7-13,19H2,1-6H3. The van der Waals surface area contributed by atoms with Crippen LogP contribution in [-0.4, -0.2) is 30.6 Å². The minimum atomic E-state index is 0.478. The molecule has 0 amide bonds. The molecule has 0 radical (unpaired) electrons. The van der Waals surface area contributed by atoms with Crippen molar-refractivity contribution in [2.24, 2.45) is 28.9 Å². The Morgan fingerprint density at radius 2 is 1.65 bits per heavy atom. The predicted molar refractivity (Wildman–Crippen MR) is 89.8 cm³/mol. The van der Waals surface area contributed by atoms with Crippen LogP contribution in [0, 0.1) is 23.2 Å². The summed E-state index contributed by atoms with van der Waals surface area (Å²) < 4.78 is 0. The normalized spacial score (nSPS) is 26.2. The largest absolute Gasteiger partial charge is 0.329 e. The van der Waals surface area contributed by atoms with E-state index in [0.29, 0.717) is 11.5 Å². The van der Waals surface area contributed by atoms with Crippen LogP contribution >= 0.6 is 0 Å². The summed E-state index contributed by atoms with van der Waals surface area (Å²) in [6.45, 7) is 17.3. The molecule has 0 aliphatic heterocycles. The van der Waals surface area contributed by atoms with E-state index < -0.39 is 0 Å². The molecule has 20 heavy (non-hydrogen) atoms. The van der Waals surface area contributed by atoms with Crippen LogP contribution < -0.4 is 5.73 Å². The summed E-state index contributed by atoms with van der Waals surface area (Å²) in [4.78, 5) is 2.63. The summed E-state index contributed by atoms with van der Waals surface area (Å²) in [7, 11) is 0. The monoisotopic (exact) mass is 282 g/mol. The fourth-order valence-electron chi connectivity index (χ4n) is 3.98. The van der Waals surface area contributed by atoms with Gasteiger partial charge in [-0.15, -0.1) is 0 Å². The van der Waals surface area contributed by atoms with Crippen LogP contribution in [0.15, 0.2) is 0 Å². The van der Waals surface area contributed by atoms with Crippen LogP contribution in [0.4, 0.5) is 0 Å². The van der Waals surface area contributed by atoms with E-state index in [0.717, 1.165) is 30.8 Å². The van der Waals surface area contributed by atoms with E-state index >= 15 is 0 Å². The molecule has 2 nitrogen and oxygen atoms in total. The Bertz CT molecular complexity index is 259. The first-order valence-electron chi connectivity index (χ1n) is 8.73. The molecular formula is C18H38N2. The van der Waals surface area contributed by atoms with Gasteiger partial charge in [-0.2, -0.15) is 0 Å². The van der Waals surface area contributed by atoms with Gasteiger partial charge in [0.25, 0.3) is 0 Å². The first-order valence-corrected chi connectivity index (χ1v) is 8.73. The summed E-state index contributed by atoms with van der Waals surface area (Å²) in [5.41, 5.74) is 6.61. The van der Waals surface area contributed by atoms with Gasteiger partial charge < -0.3 is 5.73 Å². The second kappa shape index (κ2) is 7.79. The fraction of sp³-hybridized carbons (Fsp3) is 1.00. The van der Waals surface area contributed by atoms with Crippen LogP contribution in [0.2, 0.25) is 0 Å². The van der Waals surface area contributed by atoms with Gasteiger partial charge in [-0.05, 0) is 55.4 Å². The minimum absolute atomic E-state index is 0.478. The number of hydrogen-bond donors (Lipinski definition) is 1. The van der Waals surface area contributed by atoms with Crippen molar-refractivity contribution in [2.45, 2.75) is 73.3 Å². The lowest BCUT2D eigenvalue weighted by Crippen LogP contribution is -2.48. The molecule has 2 N–H and O–H groups in total. The lowest BCUT2D eigenvalue weighted by molar-refractivity contribution is 0.0782. The first kappa shape index (κ1) is 18.0. The lowest BCUT2D eigenvalue weighted by Gasteiger charge is -2.43. The second-order valence-electron chi connectivity index (χ2n) is 8.26. The zero-order chi connectivity index (χ0) is 15.3. The van der Waals surface area contributed by atoms with Gasteiger partial charge in [-0.25, -0.2) is 0 Å². The molecule has 120 valence electrons. The number of nitrogens with zero attached hydrogens (tertiary/aromatic N) is 1. The van der Waals surface area contributed by atoms with Crippen molar-refractivity contribution < 1.29 is 0 Å². The summed E-state index contributed by atoms with van der Waals surface area (Å²) >= 11 is 0. The molecule has 0 bridgehead atoms. The van der Waals surface area contributed by atoms with Crippen molar-refractivity contribution in [3.63, 3.8) is 0 Å². The Labute approximate surface area is 127 Å². The molecule has 0 aromatic carbocycles. The Hall–Kier alpha value is -0.0800. The van der Waals surface area contributed by atoms with E-state index in [4.69, 9.17) is 5.73 Å². The SMILES string of the molecule is CCN(CC(C)C)C(CN)C1CCC(C(C)(C)C)CC1. The first-order chi connectivity index (χ1) is 9.29. The highest BCUT2D eigenvalue weighted by Gasteiger charge is 2.34. The van der Waals surface area contributed by atoms with Crippen molar-refractivity contribution in [1.29, 1.82) is 0 Å². The van der Waals surface area contributed by atoms with E-state index in [1.807, 2.05) is 0 Å². The van der Waals surface area contributed by atoms with Gasteiger partial charge in [0, 0.05) is 19.1 Å². The van der Waals surface area contributed by atoms with Crippen molar-refractivity contribution in [3.05, 3.63) is 0 Å². The number of rotatable bonds is 6. The maximum Gasteiger partial charge on any atom is 0.0246 e. The quantitative estimate of drug-likeness (QED) is 0.793. The minimum Gasteiger partial charge on any atom is -0.329 e. The van der Waals surface area contributed by atoms with E-state index in [1.165, 1.54) is 32.2 Å². The molecule has 2 heteroatoms. The van der Waals surface area contributed by atoms with E-state index in [-0.39, 0.29) is 0 Å². The lowest BCUT2D eigenvalue weighted by atomic mass is 9.68. The Kier molecular flexibility index (Phi) is 7.00. The van der Waals surface area contributed by atoms with Gasteiger partial charge in [0.2, 0.25) is 0 Å². The smallest absolute Gasteiger partial charge is 0.0246 e. The predicted octanol–water partition coefficient (Wildman–Crippen LogP) is 4.14. The molecule has 1 atom stereocenters. The van der Waals surface area contributed by atoms with Gasteiger partial charge in [0.05, 0.1) is 0 Å². The highest BCUT2D eigenvalue weighted by molar-refractivity contribution is 4.87. The summed E-state index contributed by atoms with van der Waals surface area (Å²) in [5.74, 6) is 2.45. The molecule has 1 rings (SSSR count). The zero-order valence-electron chi connectivity index (χ0n) is 14.8. The molecule has 1 aliphatic rings. The molecule has 0 heterocycles. The number of hydrogen-bond acceptors (Lipinski definition) is 2. The summed E-state index contributed by atoms with van der Waals surface area (Å²) in [6.07, 6.45) is 5.53. The van der Waals surface area contributed by atoms with Crippen molar-refractivity contribution >= 4 is 0 Å². The second-order valence-corrected chi connectivity index (χ2v) is 8.26. The molecule has 1 aliphatic carbocycles. The molecule has 0 aromatic rings. The highest BCUT2D eigenvalue weighted by Crippen LogP contribution is 2.41. The summed E-state index contributed by atoms with van der Waals surface area (Å²) in [5, 5.41) is 0. The number of likely N-dealkylation sites (N-methyl/N-ethyl adjacent to an activating group) is 1. The molecule has 0 spiro atoms. The molecule has 1 fully saturated rings. The Balaban J connectivity index is 2.59. The molecular weight excluding hydrogens is 244 g/mol. The van der Waals surface area contributed by atoms with Gasteiger partial charge in [0.1, 0.15) is 0 Å². The van der Waals surface area contributed by atoms with Crippen LogP contribution in [0.5, 0.6) is 0 Å². The van der Waals surface area contributed by atoms with Gasteiger partial charge in [-0.1, -0.05) is 41.5 Å². The van der Waals surface area contributed by atoms with Gasteiger partial charge in [0.15, 0.2) is 0 Å². The zero-order valence-corrected chi connectivity index (χ0v) is 14.8. The maximum atomic E-state index is 6.13. The van der Waals surface area contributed by atoms with Crippen LogP contribution in [0.25, 0.3) is 0 Å². The Morgan fingerprint density at radius 1 is 1.10 bits per heavy atom. The third kappa shape index (κ3) is 5.04. The van der Waals surface area contributed by atoms with E-state index in [9.17, 15) is 0 Å². The van der Waals surface area contributed by atoms with Gasteiger partial charge in [-0.3, -0.25) is 4.90 Å². The molecule has 0 saturated heterocycles. The maximum absolute atomic E-state index is 6.13. The molecule has 1 saturated carbocycles. The van der Waals surface area contributed by atoms with Crippen molar-refractivity contribution in [1.82, 2.24) is 4.90 Å². The molecule has 1 unspecified atom stereocenters. The highest BCUT2D eigenvalue weighted by atomic mass is 15.2. The Morgan fingerprint density at radius 3 is 2.00 bits per heavy atom. The van der Waals surface area contributed by atoms with Gasteiger partial charge >= 0.3 is 0 Å². The van der Waals surface area contributed by atoms with E-state index in [1.54, 1.807) is 0 Å². The topological polar surface area (TPSA) is 29.3 Å². The number of nitrogens with two attached hydrogens (primary N) is 1. The third-order valence-electron chi connectivity index (χ3n) is 5.26. The average molecular weight is 283 g/mol. The van der Waals surface area contributed by atoms with E-state index in [2.05, 4.69) is 46.4 Å². The fourth-order valence-corrected chi connectivity index (χ4v) is 3.98. The average Bonchev–Trinajstić information content (AvgIpc) is 2.37. The van der Waals surface area contributed by atoms with Crippen molar-refractivity contribution in [2.75, 3.05) is 19.6 Å².